The average molecular weight is 417 g/mol. The number of rotatable bonds is 5. The van der Waals surface area contributed by atoms with Crippen molar-refractivity contribution in [3.8, 4) is 17.2 Å². The van der Waals surface area contributed by atoms with Gasteiger partial charge in [0.05, 0.1) is 0 Å². The highest BCUT2D eigenvalue weighted by molar-refractivity contribution is 7.21. The third-order valence-electron chi connectivity index (χ3n) is 5.31. The van der Waals surface area contributed by atoms with Gasteiger partial charge in [-0.25, -0.2) is 0 Å². The number of benzene rings is 3. The molecule has 0 aliphatic heterocycles. The maximum atomic E-state index is 13.6. The maximum absolute atomic E-state index is 13.6. The quantitative estimate of drug-likeness (QED) is 0.345. The minimum Gasteiger partial charge on any atom is -0.508 e. The minimum absolute atomic E-state index is 0.0555. The van der Waals surface area contributed by atoms with E-state index in [9.17, 15) is 9.90 Å². The number of carbonyl (C=O) groups is 1. The fourth-order valence-electron chi connectivity index (χ4n) is 3.64. The topological polar surface area (TPSA) is 46.5 Å². The Morgan fingerprint density at radius 3 is 2.27 bits per heavy atom. The zero-order valence-corrected chi connectivity index (χ0v) is 18.3. The second-order valence-electron chi connectivity index (χ2n) is 7.86. The van der Waals surface area contributed by atoms with Crippen LogP contribution >= 0.6 is 11.3 Å². The smallest absolute Gasteiger partial charge is 0.207 e. The highest BCUT2D eigenvalue weighted by Gasteiger charge is 2.24. The van der Waals surface area contributed by atoms with Gasteiger partial charge in [-0.1, -0.05) is 44.2 Å². The van der Waals surface area contributed by atoms with Gasteiger partial charge in [0.1, 0.15) is 16.4 Å². The van der Waals surface area contributed by atoms with Crippen molar-refractivity contribution in [3.63, 3.8) is 0 Å². The number of thiophene rings is 1. The van der Waals surface area contributed by atoms with Crippen LogP contribution in [-0.4, -0.2) is 10.9 Å². The number of ketones is 1. The molecule has 0 radical (unpaired) electrons. The molecule has 3 aromatic carbocycles. The monoisotopic (exact) mass is 416 g/mol. The van der Waals surface area contributed by atoms with Gasteiger partial charge in [-0.2, -0.15) is 0 Å². The number of hydrogen-bond acceptors (Lipinski definition) is 4. The Morgan fingerprint density at radius 1 is 0.967 bits per heavy atom. The van der Waals surface area contributed by atoms with Gasteiger partial charge in [-0.3, -0.25) is 4.79 Å². The molecule has 0 unspecified atom stereocenters. The van der Waals surface area contributed by atoms with E-state index in [1.807, 2.05) is 56.3 Å². The van der Waals surface area contributed by atoms with Crippen LogP contribution in [0.4, 0.5) is 0 Å². The van der Waals surface area contributed by atoms with Crippen LogP contribution in [0, 0.1) is 13.8 Å². The first-order chi connectivity index (χ1) is 14.3. The first kappa shape index (κ1) is 20.2. The van der Waals surface area contributed by atoms with E-state index in [4.69, 9.17) is 4.74 Å². The molecule has 1 aromatic heterocycles. The Morgan fingerprint density at radius 2 is 1.63 bits per heavy atom. The molecule has 0 spiro atoms. The van der Waals surface area contributed by atoms with E-state index in [1.165, 1.54) is 16.9 Å². The number of phenolic OH excluding ortho intramolecular Hbond substituents is 1. The number of carbonyl (C=O) groups excluding carboxylic acids is 1. The molecule has 1 heterocycles. The van der Waals surface area contributed by atoms with Gasteiger partial charge in [0.2, 0.25) is 5.78 Å². The Balaban J connectivity index is 1.84. The third-order valence-corrected chi connectivity index (χ3v) is 6.44. The third kappa shape index (κ3) is 3.71. The molecule has 0 saturated carbocycles. The van der Waals surface area contributed by atoms with E-state index >= 15 is 0 Å². The summed E-state index contributed by atoms with van der Waals surface area (Å²) in [5.41, 5.74) is 3.81. The highest BCUT2D eigenvalue weighted by atomic mass is 32.1. The molecule has 0 amide bonds. The first-order valence-corrected chi connectivity index (χ1v) is 10.8. The SMILES string of the molecule is Cc1cccc(C)c1C(=O)c1sc2cc(O)ccc2c1Oc1ccc(C(C)C)cc1. The summed E-state index contributed by atoms with van der Waals surface area (Å²) in [6.45, 7) is 8.20. The zero-order valence-electron chi connectivity index (χ0n) is 17.5. The van der Waals surface area contributed by atoms with E-state index in [1.54, 1.807) is 18.2 Å². The van der Waals surface area contributed by atoms with Gasteiger partial charge >= 0.3 is 0 Å². The largest absolute Gasteiger partial charge is 0.508 e. The lowest BCUT2D eigenvalue weighted by atomic mass is 9.98. The van der Waals surface area contributed by atoms with Crippen LogP contribution in [0.1, 0.15) is 51.7 Å². The van der Waals surface area contributed by atoms with Crippen molar-refractivity contribution < 1.29 is 14.6 Å². The lowest BCUT2D eigenvalue weighted by Crippen LogP contribution is -2.05. The zero-order chi connectivity index (χ0) is 21.4. The van der Waals surface area contributed by atoms with E-state index in [0.29, 0.717) is 27.9 Å². The minimum atomic E-state index is -0.0555. The molecule has 0 fully saturated rings. The molecule has 1 N–H and O–H groups in total. The first-order valence-electron chi connectivity index (χ1n) is 9.99. The highest BCUT2D eigenvalue weighted by Crippen LogP contribution is 2.43. The van der Waals surface area contributed by atoms with E-state index in [2.05, 4.69) is 13.8 Å². The summed E-state index contributed by atoms with van der Waals surface area (Å²) in [5, 5.41) is 10.7. The second-order valence-corrected chi connectivity index (χ2v) is 8.91. The van der Waals surface area contributed by atoms with Crippen LogP contribution in [0.25, 0.3) is 10.1 Å². The molecule has 30 heavy (non-hydrogen) atoms. The molecule has 0 bridgehead atoms. The lowest BCUT2D eigenvalue weighted by molar-refractivity contribution is 0.103. The predicted molar refractivity (Wildman–Crippen MR) is 123 cm³/mol. The van der Waals surface area contributed by atoms with Gasteiger partial charge in [0.15, 0.2) is 5.75 Å². The van der Waals surface area contributed by atoms with Crippen LogP contribution in [0.3, 0.4) is 0 Å². The number of aromatic hydroxyl groups is 1. The summed E-state index contributed by atoms with van der Waals surface area (Å²) >= 11 is 1.35. The van der Waals surface area contributed by atoms with Crippen molar-refractivity contribution in [2.24, 2.45) is 0 Å². The van der Waals surface area contributed by atoms with Gasteiger partial charge < -0.3 is 9.84 Å². The van der Waals surface area contributed by atoms with Gasteiger partial charge in [-0.05, 0) is 66.8 Å². The summed E-state index contributed by atoms with van der Waals surface area (Å²) in [4.78, 5) is 14.1. The summed E-state index contributed by atoms with van der Waals surface area (Å²) in [7, 11) is 0. The van der Waals surface area contributed by atoms with Crippen LogP contribution in [0.15, 0.2) is 60.7 Å². The normalized spacial score (nSPS) is 11.2. The average Bonchev–Trinajstić information content (AvgIpc) is 3.05. The lowest BCUT2D eigenvalue weighted by Gasteiger charge is -2.11. The molecule has 0 atom stereocenters. The Labute approximate surface area is 180 Å². The van der Waals surface area contributed by atoms with Gasteiger partial charge in [-0.15, -0.1) is 11.3 Å². The van der Waals surface area contributed by atoms with Crippen LogP contribution in [0.5, 0.6) is 17.2 Å². The Hall–Kier alpha value is -3.11. The van der Waals surface area contributed by atoms with Crippen LogP contribution in [-0.2, 0) is 0 Å². The molecule has 4 heteroatoms. The Kier molecular flexibility index (Phi) is 5.35. The standard InChI is InChI=1S/C26H24O3S/c1-15(2)18-8-11-20(12-9-18)29-25-21-13-10-19(27)14-22(21)30-26(25)24(28)23-16(3)6-5-7-17(23)4/h5-15,27H,1-4H3. The van der Waals surface area contributed by atoms with Crippen molar-refractivity contribution in [3.05, 3.63) is 87.8 Å². The number of hydrogen-bond donors (Lipinski definition) is 1. The number of phenols is 1. The summed E-state index contributed by atoms with van der Waals surface area (Å²) in [6, 6.07) is 18.9. The van der Waals surface area contributed by atoms with Crippen molar-refractivity contribution >= 4 is 27.2 Å². The second kappa shape index (κ2) is 7.96. The number of aryl methyl sites for hydroxylation is 2. The summed E-state index contributed by atoms with van der Waals surface area (Å²) in [6.07, 6.45) is 0. The maximum Gasteiger partial charge on any atom is 0.207 e. The molecular weight excluding hydrogens is 392 g/mol. The van der Waals surface area contributed by atoms with Crippen molar-refractivity contribution in [2.75, 3.05) is 0 Å². The summed E-state index contributed by atoms with van der Waals surface area (Å²) < 4.78 is 7.09. The van der Waals surface area contributed by atoms with E-state index < -0.39 is 0 Å². The van der Waals surface area contributed by atoms with E-state index in [0.717, 1.165) is 21.2 Å². The molecule has 3 nitrogen and oxygen atoms in total. The van der Waals surface area contributed by atoms with E-state index in [-0.39, 0.29) is 11.5 Å². The van der Waals surface area contributed by atoms with Gasteiger partial charge in [0.25, 0.3) is 0 Å². The molecular formula is C26H24O3S. The fourth-order valence-corrected chi connectivity index (χ4v) is 4.75. The molecule has 0 aliphatic carbocycles. The van der Waals surface area contributed by atoms with Crippen molar-refractivity contribution in [1.29, 1.82) is 0 Å². The Bertz CT molecular complexity index is 1210. The molecule has 4 aromatic rings. The number of ether oxygens (including phenoxy) is 1. The molecule has 152 valence electrons. The predicted octanol–water partition coefficient (Wildman–Crippen LogP) is 7.37. The molecule has 0 aliphatic rings. The summed E-state index contributed by atoms with van der Waals surface area (Å²) in [5.74, 6) is 1.77. The number of fused-ring (bicyclic) bond motifs is 1. The van der Waals surface area contributed by atoms with Gasteiger partial charge in [0, 0.05) is 15.6 Å². The van der Waals surface area contributed by atoms with Crippen LogP contribution in [0.2, 0.25) is 0 Å². The molecule has 4 rings (SSSR count). The van der Waals surface area contributed by atoms with Crippen molar-refractivity contribution in [2.45, 2.75) is 33.6 Å². The molecule has 0 saturated heterocycles. The van der Waals surface area contributed by atoms with Crippen LogP contribution < -0.4 is 4.74 Å². The van der Waals surface area contributed by atoms with Crippen molar-refractivity contribution in [1.82, 2.24) is 0 Å². The fraction of sp³-hybridized carbons (Fsp3) is 0.192.